The van der Waals surface area contributed by atoms with Crippen LogP contribution in [-0.4, -0.2) is 32.4 Å². The van der Waals surface area contributed by atoms with Gasteiger partial charge in [0.25, 0.3) is 5.91 Å². The molecule has 1 amide bonds. The number of alkyl halides is 3. The summed E-state index contributed by atoms with van der Waals surface area (Å²) in [6.07, 6.45) is -4.78. The minimum Gasteiger partial charge on any atom is -0.506 e. The second-order valence-corrected chi connectivity index (χ2v) is 7.44. The molecule has 2 N–H and O–H groups in total. The Bertz CT molecular complexity index is 1420. The largest absolute Gasteiger partial charge is 0.506 e. The van der Waals surface area contributed by atoms with Gasteiger partial charge in [0.1, 0.15) is 5.75 Å². The van der Waals surface area contributed by atoms with Crippen molar-refractivity contribution in [1.82, 2.24) is 14.6 Å². The van der Waals surface area contributed by atoms with Gasteiger partial charge in [-0.15, -0.1) is 0 Å². The zero-order valence-electron chi connectivity index (χ0n) is 16.4. The van der Waals surface area contributed by atoms with E-state index in [1.54, 1.807) is 12.1 Å². The number of hydrogen-bond donors (Lipinski definition) is 2. The normalized spacial score (nSPS) is 12.8. The molecule has 12 heteroatoms. The molecule has 8 nitrogen and oxygen atoms in total. The van der Waals surface area contributed by atoms with Crippen molar-refractivity contribution >= 4 is 28.8 Å². The van der Waals surface area contributed by atoms with Gasteiger partial charge in [-0.1, -0.05) is 11.6 Å². The number of fused-ring (bicyclic) bond motifs is 2. The van der Waals surface area contributed by atoms with Crippen molar-refractivity contribution in [2.24, 2.45) is 0 Å². The van der Waals surface area contributed by atoms with Gasteiger partial charge in [-0.05, 0) is 42.5 Å². The van der Waals surface area contributed by atoms with Crippen LogP contribution in [0, 0.1) is 0 Å². The number of aromatic hydroxyl groups is 1. The lowest BCUT2D eigenvalue weighted by Gasteiger charge is -2.11. The van der Waals surface area contributed by atoms with E-state index in [-0.39, 0.29) is 40.3 Å². The van der Waals surface area contributed by atoms with E-state index in [4.69, 9.17) is 21.1 Å². The van der Waals surface area contributed by atoms with Gasteiger partial charge in [0.15, 0.2) is 28.5 Å². The van der Waals surface area contributed by atoms with Crippen LogP contribution >= 0.6 is 11.6 Å². The van der Waals surface area contributed by atoms with Crippen LogP contribution in [0.3, 0.4) is 0 Å². The maximum absolute atomic E-state index is 13.8. The maximum Gasteiger partial charge on any atom is 0.433 e. The van der Waals surface area contributed by atoms with Crippen molar-refractivity contribution in [2.75, 3.05) is 12.1 Å². The Morgan fingerprint density at radius 3 is 2.67 bits per heavy atom. The third kappa shape index (κ3) is 3.87. The van der Waals surface area contributed by atoms with E-state index in [9.17, 15) is 23.1 Å². The number of nitrogens with one attached hydrogen (secondary N) is 1. The minimum absolute atomic E-state index is 0.00692. The Hall–Kier alpha value is -3.99. The maximum atomic E-state index is 13.8. The van der Waals surface area contributed by atoms with E-state index in [1.165, 1.54) is 24.3 Å². The highest BCUT2D eigenvalue weighted by Gasteiger charge is 2.36. The van der Waals surface area contributed by atoms with Crippen LogP contribution in [0.1, 0.15) is 16.2 Å². The van der Waals surface area contributed by atoms with Crippen LogP contribution < -0.4 is 14.8 Å². The van der Waals surface area contributed by atoms with Crippen LogP contribution in [0.15, 0.2) is 48.5 Å². The molecule has 0 spiro atoms. The first-order valence-corrected chi connectivity index (χ1v) is 9.75. The first-order chi connectivity index (χ1) is 15.7. The Labute approximate surface area is 188 Å². The van der Waals surface area contributed by atoms with Gasteiger partial charge in [-0.25, -0.2) is 9.50 Å². The van der Waals surface area contributed by atoms with E-state index in [1.807, 2.05) is 0 Å². The molecule has 3 heterocycles. The van der Waals surface area contributed by atoms with Crippen molar-refractivity contribution < 1.29 is 32.5 Å². The van der Waals surface area contributed by atoms with Gasteiger partial charge >= 0.3 is 6.18 Å². The number of phenolic OH excluding ortho intramolecular Hbond substituents is 1. The summed E-state index contributed by atoms with van der Waals surface area (Å²) in [5, 5.41) is 16.3. The highest BCUT2D eigenvalue weighted by Crippen LogP contribution is 2.37. The number of halogens is 4. The summed E-state index contributed by atoms with van der Waals surface area (Å²) < 4.78 is 52.5. The first kappa shape index (κ1) is 20.9. The standard InChI is InChI=1S/C21H12ClF3N4O4/c22-11-2-3-15(30)13(6-11)27-20(31)14-8-19-26-12(7-18(21(23,24)25)29(19)28-14)10-1-4-16-17(5-10)33-9-32-16/h1-8,30H,9H2,(H,27,31). The molecule has 1 aliphatic heterocycles. The molecule has 4 aromatic rings. The zero-order valence-corrected chi connectivity index (χ0v) is 17.1. The van der Waals surface area contributed by atoms with Crippen molar-refractivity contribution in [2.45, 2.75) is 6.18 Å². The number of aromatic nitrogens is 3. The van der Waals surface area contributed by atoms with E-state index in [0.717, 1.165) is 12.1 Å². The summed E-state index contributed by atoms with van der Waals surface area (Å²) in [7, 11) is 0. The van der Waals surface area contributed by atoms with Crippen molar-refractivity contribution in [3.8, 4) is 28.5 Å². The summed E-state index contributed by atoms with van der Waals surface area (Å²) in [4.78, 5) is 16.9. The van der Waals surface area contributed by atoms with Crippen LogP contribution in [0.5, 0.6) is 17.2 Å². The van der Waals surface area contributed by atoms with E-state index >= 15 is 0 Å². The molecule has 2 aromatic carbocycles. The molecule has 1 aliphatic rings. The molecule has 5 rings (SSSR count). The third-order valence-corrected chi connectivity index (χ3v) is 5.06. The number of carbonyl (C=O) groups excluding carboxylic acids is 1. The predicted octanol–water partition coefficient (Wildman–Crippen LogP) is 4.76. The lowest BCUT2D eigenvalue weighted by molar-refractivity contribution is -0.142. The molecule has 0 unspecified atom stereocenters. The van der Waals surface area contributed by atoms with Crippen LogP contribution in [0.25, 0.3) is 16.9 Å². The molecular formula is C21H12ClF3N4O4. The number of rotatable bonds is 3. The smallest absolute Gasteiger partial charge is 0.433 e. The number of ether oxygens (including phenoxy) is 2. The van der Waals surface area contributed by atoms with Gasteiger partial charge in [0.2, 0.25) is 6.79 Å². The minimum atomic E-state index is -4.78. The Morgan fingerprint density at radius 1 is 1.09 bits per heavy atom. The highest BCUT2D eigenvalue weighted by molar-refractivity contribution is 6.31. The van der Waals surface area contributed by atoms with E-state index in [0.29, 0.717) is 21.6 Å². The molecule has 0 fully saturated rings. The van der Waals surface area contributed by atoms with Gasteiger partial charge in [0.05, 0.1) is 11.4 Å². The fraction of sp³-hybridized carbons (Fsp3) is 0.0952. The fourth-order valence-corrected chi connectivity index (χ4v) is 3.46. The molecule has 33 heavy (non-hydrogen) atoms. The molecule has 0 atom stereocenters. The Kier molecular flexibility index (Phi) is 4.78. The molecule has 168 valence electrons. The summed E-state index contributed by atoms with van der Waals surface area (Å²) in [5.74, 6) is -0.257. The average molecular weight is 477 g/mol. The summed E-state index contributed by atoms with van der Waals surface area (Å²) in [6.45, 7) is 0.0162. The van der Waals surface area contributed by atoms with Gasteiger partial charge in [-0.3, -0.25) is 4.79 Å². The Morgan fingerprint density at radius 2 is 1.88 bits per heavy atom. The lowest BCUT2D eigenvalue weighted by atomic mass is 10.1. The van der Waals surface area contributed by atoms with E-state index < -0.39 is 17.8 Å². The number of benzene rings is 2. The average Bonchev–Trinajstić information content (AvgIpc) is 3.41. The molecule has 2 aromatic heterocycles. The third-order valence-electron chi connectivity index (χ3n) is 4.83. The number of anilines is 1. The number of phenols is 1. The van der Waals surface area contributed by atoms with Gasteiger partial charge in [-0.2, -0.15) is 18.3 Å². The second-order valence-electron chi connectivity index (χ2n) is 7.01. The SMILES string of the molecule is O=C(Nc1cc(Cl)ccc1O)c1cc2nc(-c3ccc4c(c3)OCO4)cc(C(F)(F)F)n2n1. The number of nitrogens with zero attached hydrogens (tertiary/aromatic N) is 3. The van der Waals surface area contributed by atoms with Crippen molar-refractivity contribution in [3.63, 3.8) is 0 Å². The van der Waals surface area contributed by atoms with Crippen LogP contribution in [-0.2, 0) is 6.18 Å². The fourth-order valence-electron chi connectivity index (χ4n) is 3.29. The van der Waals surface area contributed by atoms with Crippen molar-refractivity contribution in [1.29, 1.82) is 0 Å². The monoisotopic (exact) mass is 476 g/mol. The van der Waals surface area contributed by atoms with Gasteiger partial charge in [0, 0.05) is 16.7 Å². The van der Waals surface area contributed by atoms with Crippen LogP contribution in [0.4, 0.5) is 18.9 Å². The molecule has 0 saturated carbocycles. The second kappa shape index (κ2) is 7.55. The molecule has 0 aliphatic carbocycles. The number of amides is 1. The molecule has 0 radical (unpaired) electrons. The van der Waals surface area contributed by atoms with Crippen LogP contribution in [0.2, 0.25) is 5.02 Å². The zero-order chi connectivity index (χ0) is 23.3. The topological polar surface area (TPSA) is 98.0 Å². The molecule has 0 bridgehead atoms. The van der Waals surface area contributed by atoms with E-state index in [2.05, 4.69) is 15.4 Å². The summed E-state index contributed by atoms with van der Waals surface area (Å²) in [6, 6.07) is 10.6. The lowest BCUT2D eigenvalue weighted by Crippen LogP contribution is -2.15. The molecule has 0 saturated heterocycles. The number of hydrogen-bond acceptors (Lipinski definition) is 6. The first-order valence-electron chi connectivity index (χ1n) is 9.37. The highest BCUT2D eigenvalue weighted by atomic mass is 35.5. The van der Waals surface area contributed by atoms with Gasteiger partial charge < -0.3 is 19.9 Å². The summed E-state index contributed by atoms with van der Waals surface area (Å²) >= 11 is 5.86. The summed E-state index contributed by atoms with van der Waals surface area (Å²) in [5.41, 5.74) is -1.30. The predicted molar refractivity (Wildman–Crippen MR) is 111 cm³/mol. The Balaban J connectivity index is 1.58. The number of carbonyl (C=O) groups is 1. The quantitative estimate of drug-likeness (QED) is 0.414. The molecular weight excluding hydrogens is 465 g/mol. The van der Waals surface area contributed by atoms with Crippen molar-refractivity contribution in [3.05, 3.63) is 64.9 Å².